The summed E-state index contributed by atoms with van der Waals surface area (Å²) < 4.78 is 61.3. The van der Waals surface area contributed by atoms with Crippen LogP contribution in [0.1, 0.15) is 49.0 Å². The van der Waals surface area contributed by atoms with Gasteiger partial charge in [0.05, 0.1) is 5.56 Å². The lowest BCUT2D eigenvalue weighted by Crippen LogP contribution is -2.35. The Labute approximate surface area is 140 Å². The predicted molar refractivity (Wildman–Crippen MR) is 85.8 cm³/mol. The molecule has 0 bridgehead atoms. The highest BCUT2D eigenvalue weighted by Crippen LogP contribution is 2.58. The Balaban J connectivity index is 2.29. The van der Waals surface area contributed by atoms with Gasteiger partial charge in [0.2, 0.25) is 0 Å². The minimum atomic E-state index is -4.41. The van der Waals surface area contributed by atoms with Crippen LogP contribution in [-0.2, 0) is 19.8 Å². The van der Waals surface area contributed by atoms with Crippen LogP contribution < -0.4 is 5.32 Å². The number of nitrogens with one attached hydrogen (secondary N) is 1. The highest BCUT2D eigenvalue weighted by molar-refractivity contribution is 7.54. The first-order valence-corrected chi connectivity index (χ1v) is 9.56. The number of rotatable bonds is 6. The Bertz CT molecular complexity index is 563. The molecule has 0 aliphatic heterocycles. The quantitative estimate of drug-likeness (QED) is 0.712. The smallest absolute Gasteiger partial charge is 0.311 e. The van der Waals surface area contributed by atoms with Crippen molar-refractivity contribution in [3.8, 4) is 0 Å². The summed E-state index contributed by atoms with van der Waals surface area (Å²) in [5, 5.41) is 3.28. The topological polar surface area (TPSA) is 47.6 Å². The van der Waals surface area contributed by atoms with Gasteiger partial charge in [-0.05, 0) is 30.5 Å². The fourth-order valence-electron chi connectivity index (χ4n) is 3.00. The van der Waals surface area contributed by atoms with Gasteiger partial charge >= 0.3 is 13.8 Å². The molecule has 0 spiro atoms. The van der Waals surface area contributed by atoms with E-state index in [0.717, 1.165) is 44.2 Å². The van der Waals surface area contributed by atoms with Gasteiger partial charge < -0.3 is 9.05 Å². The lowest BCUT2D eigenvalue weighted by molar-refractivity contribution is -0.137. The second kappa shape index (κ2) is 8.00. The molecule has 2 rings (SSSR count). The molecule has 0 radical (unpaired) electrons. The summed E-state index contributed by atoms with van der Waals surface area (Å²) in [5.74, 6) is -0.794. The fraction of sp³-hybridized carbons (Fsp3) is 0.625. The van der Waals surface area contributed by atoms with Crippen LogP contribution in [0.25, 0.3) is 0 Å². The van der Waals surface area contributed by atoms with Crippen LogP contribution in [0, 0.1) is 0 Å². The number of halogens is 3. The zero-order valence-electron chi connectivity index (χ0n) is 13.8. The van der Waals surface area contributed by atoms with Crippen LogP contribution in [0.3, 0.4) is 0 Å². The summed E-state index contributed by atoms with van der Waals surface area (Å²) in [4.78, 5) is 0. The number of benzene rings is 1. The Morgan fingerprint density at radius 1 is 1.08 bits per heavy atom. The summed E-state index contributed by atoms with van der Waals surface area (Å²) in [6, 6.07) is 4.77. The standard InChI is InChI=1S/C16H23F3NO3P/c1-22-24(21,23-2)15(20-14-6-4-3-5-7-14)12-8-10-13(11-9-12)16(17,18)19/h8-11,14-15,20H,3-7H2,1-2H3. The normalized spacial score (nSPS) is 18.5. The molecule has 0 heterocycles. The van der Waals surface area contributed by atoms with E-state index in [1.807, 2.05) is 0 Å². The van der Waals surface area contributed by atoms with E-state index < -0.39 is 25.1 Å². The summed E-state index contributed by atoms with van der Waals surface area (Å²) in [7, 11) is -0.965. The van der Waals surface area contributed by atoms with E-state index in [-0.39, 0.29) is 6.04 Å². The van der Waals surface area contributed by atoms with Crippen LogP contribution >= 0.6 is 7.60 Å². The second-order valence-corrected chi connectivity index (χ2v) is 8.26. The Hall–Kier alpha value is -0.880. The minimum absolute atomic E-state index is 0.143. The Morgan fingerprint density at radius 2 is 1.62 bits per heavy atom. The van der Waals surface area contributed by atoms with Crippen LogP contribution in [0.15, 0.2) is 24.3 Å². The molecule has 8 heteroatoms. The van der Waals surface area contributed by atoms with Crippen molar-refractivity contribution in [1.29, 1.82) is 0 Å². The summed E-state index contributed by atoms with van der Waals surface area (Å²) in [5.41, 5.74) is -0.284. The van der Waals surface area contributed by atoms with Gasteiger partial charge in [0.15, 0.2) is 0 Å². The van der Waals surface area contributed by atoms with E-state index in [9.17, 15) is 17.7 Å². The molecule has 1 aromatic carbocycles. The van der Waals surface area contributed by atoms with Crippen molar-refractivity contribution in [2.75, 3.05) is 14.2 Å². The van der Waals surface area contributed by atoms with Gasteiger partial charge in [-0.1, -0.05) is 31.4 Å². The molecule has 4 nitrogen and oxygen atoms in total. The van der Waals surface area contributed by atoms with Crippen molar-refractivity contribution in [2.24, 2.45) is 0 Å². The molecule has 1 unspecified atom stereocenters. The molecule has 1 aliphatic carbocycles. The second-order valence-electron chi connectivity index (χ2n) is 5.93. The van der Waals surface area contributed by atoms with E-state index in [0.29, 0.717) is 5.56 Å². The van der Waals surface area contributed by atoms with E-state index in [1.54, 1.807) is 0 Å². The number of alkyl halides is 3. The van der Waals surface area contributed by atoms with Gasteiger partial charge in [0.1, 0.15) is 5.78 Å². The largest absolute Gasteiger partial charge is 0.416 e. The van der Waals surface area contributed by atoms with Crippen molar-refractivity contribution in [3.05, 3.63) is 35.4 Å². The lowest BCUT2D eigenvalue weighted by atomic mass is 9.95. The average molecular weight is 365 g/mol. The maximum Gasteiger partial charge on any atom is 0.416 e. The fourth-order valence-corrected chi connectivity index (χ4v) is 4.50. The van der Waals surface area contributed by atoms with E-state index in [4.69, 9.17) is 9.05 Å². The molecule has 1 aliphatic rings. The van der Waals surface area contributed by atoms with Crippen molar-refractivity contribution < 1.29 is 26.8 Å². The molecule has 0 saturated heterocycles. The third-order valence-electron chi connectivity index (χ3n) is 4.38. The summed E-state index contributed by atoms with van der Waals surface area (Å²) in [6.45, 7) is 0. The number of hydrogen-bond donors (Lipinski definition) is 1. The molecule has 136 valence electrons. The van der Waals surface area contributed by atoms with Crippen LogP contribution in [0.2, 0.25) is 0 Å². The first-order valence-electron chi connectivity index (χ1n) is 7.94. The first kappa shape index (κ1) is 19.4. The van der Waals surface area contributed by atoms with Crippen LogP contribution in [0.5, 0.6) is 0 Å². The SMILES string of the molecule is COP(=O)(OC)C(NC1CCCCC1)c1ccc(C(F)(F)F)cc1. The minimum Gasteiger partial charge on any atom is -0.311 e. The molecule has 24 heavy (non-hydrogen) atoms. The van der Waals surface area contributed by atoms with Gasteiger partial charge in [0.25, 0.3) is 0 Å². The molecule has 0 aromatic heterocycles. The van der Waals surface area contributed by atoms with Crippen molar-refractivity contribution in [1.82, 2.24) is 5.32 Å². The predicted octanol–water partition coefficient (Wildman–Crippen LogP) is 5.11. The van der Waals surface area contributed by atoms with Gasteiger partial charge in [-0.25, -0.2) is 0 Å². The third kappa shape index (κ3) is 4.60. The molecule has 1 fully saturated rings. The Morgan fingerprint density at radius 3 is 2.08 bits per heavy atom. The number of hydrogen-bond acceptors (Lipinski definition) is 4. The van der Waals surface area contributed by atoms with Crippen LogP contribution in [0.4, 0.5) is 13.2 Å². The van der Waals surface area contributed by atoms with Crippen LogP contribution in [-0.4, -0.2) is 20.3 Å². The maximum absolute atomic E-state index is 12.9. The molecule has 0 amide bonds. The molecule has 1 aromatic rings. The average Bonchev–Trinajstić information content (AvgIpc) is 2.59. The van der Waals surface area contributed by atoms with E-state index >= 15 is 0 Å². The van der Waals surface area contributed by atoms with Crippen molar-refractivity contribution in [2.45, 2.75) is 50.1 Å². The summed E-state index contributed by atoms with van der Waals surface area (Å²) >= 11 is 0. The third-order valence-corrected chi connectivity index (χ3v) is 6.48. The molecule has 1 atom stereocenters. The first-order chi connectivity index (χ1) is 11.3. The highest BCUT2D eigenvalue weighted by atomic mass is 31.2. The molecule has 1 saturated carbocycles. The zero-order valence-corrected chi connectivity index (χ0v) is 14.7. The van der Waals surface area contributed by atoms with Gasteiger partial charge in [0, 0.05) is 20.3 Å². The zero-order chi connectivity index (χ0) is 17.8. The van der Waals surface area contributed by atoms with Gasteiger partial charge in [-0.2, -0.15) is 13.2 Å². The van der Waals surface area contributed by atoms with E-state index in [2.05, 4.69) is 5.32 Å². The Kier molecular flexibility index (Phi) is 6.48. The lowest BCUT2D eigenvalue weighted by Gasteiger charge is -2.31. The molecular formula is C16H23F3NO3P. The molecular weight excluding hydrogens is 342 g/mol. The monoisotopic (exact) mass is 365 g/mol. The molecule has 1 N–H and O–H groups in total. The van der Waals surface area contributed by atoms with Crippen molar-refractivity contribution >= 4 is 7.60 Å². The van der Waals surface area contributed by atoms with Gasteiger partial charge in [-0.3, -0.25) is 9.88 Å². The van der Waals surface area contributed by atoms with Crippen molar-refractivity contribution in [3.63, 3.8) is 0 Å². The highest BCUT2D eigenvalue weighted by Gasteiger charge is 2.38. The van der Waals surface area contributed by atoms with Gasteiger partial charge in [-0.15, -0.1) is 0 Å². The van der Waals surface area contributed by atoms with E-state index in [1.165, 1.54) is 26.4 Å². The summed E-state index contributed by atoms with van der Waals surface area (Å²) in [6.07, 6.45) is 0.769. The maximum atomic E-state index is 12.9.